The molecule has 0 amide bonds. The number of halogens is 2. The summed E-state index contributed by atoms with van der Waals surface area (Å²) in [5.74, 6) is -1.62. The summed E-state index contributed by atoms with van der Waals surface area (Å²) >= 11 is 6.36. The topological polar surface area (TPSA) is 62.7 Å². The van der Waals surface area contributed by atoms with Crippen molar-refractivity contribution in [3.63, 3.8) is 0 Å². The predicted molar refractivity (Wildman–Crippen MR) is 126 cm³/mol. The molecule has 1 atom stereocenters. The van der Waals surface area contributed by atoms with Gasteiger partial charge in [-0.05, 0) is 52.0 Å². The van der Waals surface area contributed by atoms with Crippen molar-refractivity contribution in [1.82, 2.24) is 4.98 Å². The lowest BCUT2D eigenvalue weighted by atomic mass is 9.82. The molecule has 2 aromatic rings. The first-order valence-corrected chi connectivity index (χ1v) is 11.3. The Kier molecular flexibility index (Phi) is 6.87. The van der Waals surface area contributed by atoms with Crippen LogP contribution in [-0.4, -0.2) is 34.8 Å². The van der Waals surface area contributed by atoms with E-state index >= 15 is 0 Å². The summed E-state index contributed by atoms with van der Waals surface area (Å²) in [5.41, 5.74) is 2.37. The number of aryl methyl sites for hydroxylation is 1. The molecule has 174 valence electrons. The number of piperidine rings is 1. The van der Waals surface area contributed by atoms with Gasteiger partial charge in [0.25, 0.3) is 0 Å². The summed E-state index contributed by atoms with van der Waals surface area (Å²) in [5, 5.41) is 10.1. The average Bonchev–Trinajstić information content (AvgIpc) is 2.68. The van der Waals surface area contributed by atoms with Gasteiger partial charge in [0.05, 0.1) is 16.3 Å². The number of aromatic nitrogens is 1. The molecule has 1 aromatic heterocycles. The summed E-state index contributed by atoms with van der Waals surface area (Å²) in [4.78, 5) is 19.0. The first-order valence-electron chi connectivity index (χ1n) is 10.9. The summed E-state index contributed by atoms with van der Waals surface area (Å²) in [7, 11) is 0. The number of nitrogens with zero attached hydrogens (tertiary/aromatic N) is 2. The Hall–Kier alpha value is -2.18. The fourth-order valence-electron chi connectivity index (χ4n) is 4.09. The van der Waals surface area contributed by atoms with Crippen LogP contribution in [0.4, 0.5) is 10.1 Å². The highest BCUT2D eigenvalue weighted by atomic mass is 35.5. The largest absolute Gasteiger partial charge is 0.479 e. The lowest BCUT2D eigenvalue weighted by molar-refractivity contribution is -0.160. The number of carboxylic acid groups (broad SMARTS) is 1. The number of hydrogen-bond donors (Lipinski definition) is 1. The highest BCUT2D eigenvalue weighted by molar-refractivity contribution is 6.33. The van der Waals surface area contributed by atoms with Gasteiger partial charge in [0.2, 0.25) is 0 Å². The maximum Gasteiger partial charge on any atom is 0.337 e. The summed E-state index contributed by atoms with van der Waals surface area (Å²) in [6, 6.07) is 4.64. The van der Waals surface area contributed by atoms with Gasteiger partial charge in [-0.3, -0.25) is 4.98 Å². The molecule has 0 radical (unpaired) electrons. The number of carboxylic acids is 1. The van der Waals surface area contributed by atoms with Crippen LogP contribution in [0.2, 0.25) is 5.02 Å². The van der Waals surface area contributed by atoms with Gasteiger partial charge >= 0.3 is 5.97 Å². The smallest absolute Gasteiger partial charge is 0.337 e. The third-order valence-electron chi connectivity index (χ3n) is 5.92. The number of anilines is 1. The Labute approximate surface area is 194 Å². The first-order chi connectivity index (χ1) is 14.8. The molecule has 1 saturated heterocycles. The van der Waals surface area contributed by atoms with Crippen LogP contribution in [0.3, 0.4) is 0 Å². The van der Waals surface area contributed by atoms with E-state index < -0.39 is 23.5 Å². The molecule has 1 aromatic carbocycles. The molecule has 1 aliphatic rings. The summed E-state index contributed by atoms with van der Waals surface area (Å²) in [6.07, 6.45) is 2.33. The van der Waals surface area contributed by atoms with Gasteiger partial charge in [0.15, 0.2) is 6.10 Å². The molecule has 3 rings (SSSR count). The number of benzene rings is 1. The zero-order chi connectivity index (χ0) is 23.8. The molecule has 0 aliphatic carbocycles. The molecule has 0 spiro atoms. The SMILES string of the molecule is Cc1ncc(-c2cccc(F)c2Cl)c(N2CCC(C)(C)CC2)c1[C@H](OC(C)(C)C)C(=O)O. The molecular formula is C25H32ClFN2O3. The molecule has 2 heterocycles. The average molecular weight is 463 g/mol. The Morgan fingerprint density at radius 1 is 1.25 bits per heavy atom. The standard InChI is InChI=1S/C25H32ClFN2O3/c1-15-19(22(23(30)31)32-24(2,3)4)21(29-12-10-25(5,6)11-13-29)17(14-28-15)16-8-7-9-18(27)20(16)26/h7-9,14,22H,10-13H2,1-6H3,(H,30,31)/t22-/m0/s1. The quantitative estimate of drug-likeness (QED) is 0.555. The molecular weight excluding hydrogens is 431 g/mol. The van der Waals surface area contributed by atoms with Crippen LogP contribution in [0.25, 0.3) is 11.1 Å². The van der Waals surface area contributed by atoms with Crippen LogP contribution in [0.1, 0.15) is 64.8 Å². The minimum atomic E-state index is -1.22. The number of aliphatic carboxylic acids is 1. The van der Waals surface area contributed by atoms with Gasteiger partial charge in [0.1, 0.15) is 5.82 Å². The molecule has 7 heteroatoms. The molecule has 1 aliphatic heterocycles. The molecule has 1 N–H and O–H groups in total. The maximum absolute atomic E-state index is 14.3. The van der Waals surface area contributed by atoms with Crippen molar-refractivity contribution in [2.75, 3.05) is 18.0 Å². The molecule has 32 heavy (non-hydrogen) atoms. The van der Waals surface area contributed by atoms with E-state index in [-0.39, 0.29) is 10.4 Å². The van der Waals surface area contributed by atoms with E-state index in [1.54, 1.807) is 25.3 Å². The fraction of sp³-hybridized carbons (Fsp3) is 0.520. The van der Waals surface area contributed by atoms with Gasteiger partial charge in [-0.2, -0.15) is 0 Å². The second kappa shape index (κ2) is 8.99. The van der Waals surface area contributed by atoms with E-state index in [1.807, 2.05) is 20.8 Å². The van der Waals surface area contributed by atoms with Gasteiger partial charge in [-0.1, -0.05) is 37.6 Å². The van der Waals surface area contributed by atoms with Gasteiger partial charge in [-0.25, -0.2) is 9.18 Å². The predicted octanol–water partition coefficient (Wildman–Crippen LogP) is 6.42. The number of carbonyl (C=O) groups is 1. The van der Waals surface area contributed by atoms with Crippen LogP contribution in [0, 0.1) is 18.2 Å². The zero-order valence-corrected chi connectivity index (χ0v) is 20.4. The molecule has 1 fully saturated rings. The summed E-state index contributed by atoms with van der Waals surface area (Å²) < 4.78 is 20.4. The molecule has 0 bridgehead atoms. The third kappa shape index (κ3) is 5.24. The maximum atomic E-state index is 14.3. The minimum Gasteiger partial charge on any atom is -0.479 e. The minimum absolute atomic E-state index is 0.00805. The second-order valence-electron chi connectivity index (χ2n) is 10.2. The van der Waals surface area contributed by atoms with E-state index in [0.29, 0.717) is 28.1 Å². The Morgan fingerprint density at radius 2 is 1.88 bits per heavy atom. The van der Waals surface area contributed by atoms with Crippen LogP contribution < -0.4 is 4.90 Å². The zero-order valence-electron chi connectivity index (χ0n) is 19.6. The first kappa shape index (κ1) is 24.5. The number of ether oxygens (including phenoxy) is 1. The van der Waals surface area contributed by atoms with Crippen molar-refractivity contribution >= 4 is 23.3 Å². The van der Waals surface area contributed by atoms with Crippen molar-refractivity contribution in [1.29, 1.82) is 0 Å². The lowest BCUT2D eigenvalue weighted by Gasteiger charge is -2.41. The fourth-order valence-corrected chi connectivity index (χ4v) is 4.32. The third-order valence-corrected chi connectivity index (χ3v) is 6.30. The van der Waals surface area contributed by atoms with Crippen molar-refractivity contribution in [3.05, 3.63) is 46.5 Å². The van der Waals surface area contributed by atoms with E-state index in [4.69, 9.17) is 16.3 Å². The van der Waals surface area contributed by atoms with Gasteiger partial charge in [0, 0.05) is 41.7 Å². The Balaban J connectivity index is 2.28. The van der Waals surface area contributed by atoms with E-state index in [2.05, 4.69) is 23.7 Å². The normalized spacial score (nSPS) is 17.3. The number of rotatable bonds is 5. The number of hydrogen-bond acceptors (Lipinski definition) is 4. The highest BCUT2D eigenvalue weighted by Crippen LogP contribution is 2.45. The van der Waals surface area contributed by atoms with Crippen molar-refractivity contribution in [3.8, 4) is 11.1 Å². The highest BCUT2D eigenvalue weighted by Gasteiger charge is 2.36. The summed E-state index contributed by atoms with van der Waals surface area (Å²) in [6.45, 7) is 13.2. The Morgan fingerprint density at radius 3 is 2.44 bits per heavy atom. The van der Waals surface area contributed by atoms with Crippen molar-refractivity contribution in [2.45, 2.75) is 66.1 Å². The van der Waals surface area contributed by atoms with Gasteiger partial charge in [-0.15, -0.1) is 0 Å². The van der Waals surface area contributed by atoms with Crippen LogP contribution in [0.5, 0.6) is 0 Å². The van der Waals surface area contributed by atoms with Gasteiger partial charge < -0.3 is 14.7 Å². The van der Waals surface area contributed by atoms with Crippen molar-refractivity contribution < 1.29 is 19.0 Å². The van der Waals surface area contributed by atoms with Crippen LogP contribution >= 0.6 is 11.6 Å². The Bertz CT molecular complexity index is 1010. The van der Waals surface area contributed by atoms with E-state index in [9.17, 15) is 14.3 Å². The number of pyridine rings is 1. The molecule has 0 unspecified atom stereocenters. The van der Waals surface area contributed by atoms with E-state index in [0.717, 1.165) is 25.9 Å². The van der Waals surface area contributed by atoms with Crippen LogP contribution in [0.15, 0.2) is 24.4 Å². The second-order valence-corrected chi connectivity index (χ2v) is 10.6. The monoisotopic (exact) mass is 462 g/mol. The molecule has 0 saturated carbocycles. The van der Waals surface area contributed by atoms with Crippen molar-refractivity contribution in [2.24, 2.45) is 5.41 Å². The lowest BCUT2D eigenvalue weighted by Crippen LogP contribution is -2.39. The van der Waals surface area contributed by atoms with E-state index in [1.165, 1.54) is 6.07 Å². The molecule has 5 nitrogen and oxygen atoms in total. The van der Waals surface area contributed by atoms with Crippen LogP contribution in [-0.2, 0) is 9.53 Å².